The normalized spacial score (nSPS) is 11.8. The fourth-order valence-electron chi connectivity index (χ4n) is 4.99. The molecule has 0 aromatic heterocycles. The summed E-state index contributed by atoms with van der Waals surface area (Å²) in [6.07, 6.45) is 0.800. The molecule has 0 fully saturated rings. The van der Waals surface area contributed by atoms with E-state index in [9.17, 15) is 22.4 Å². The maximum absolute atomic E-state index is 14.5. The van der Waals surface area contributed by atoms with Gasteiger partial charge in [0.2, 0.25) is 11.8 Å². The molecular weight excluding hydrogens is 680 g/mol. The Morgan fingerprint density at radius 3 is 2.17 bits per heavy atom. The standard InChI is InChI=1S/C35H36Cl2FN3O6S/c1-4-18-39-35(43)31(20-24-8-6-5-7-9-24)40(22-25-10-16-29(36)30(37)19-25)34(42)23-41(27-13-11-26(38)12-14-27)48(44,45)28-15-17-32(46-2)33(21-28)47-3/h5-17,19,21,31H,4,18,20,22-23H2,1-3H3,(H,39,43). The lowest BCUT2D eigenvalue weighted by Crippen LogP contribution is -2.53. The molecule has 0 aliphatic heterocycles. The van der Waals surface area contributed by atoms with E-state index in [0.717, 1.165) is 22.0 Å². The molecule has 1 unspecified atom stereocenters. The molecule has 0 saturated heterocycles. The fraction of sp³-hybridized carbons (Fsp3) is 0.257. The van der Waals surface area contributed by atoms with Gasteiger partial charge in [-0.3, -0.25) is 13.9 Å². The second-order valence-electron chi connectivity index (χ2n) is 10.8. The number of hydrogen-bond acceptors (Lipinski definition) is 6. The van der Waals surface area contributed by atoms with Gasteiger partial charge in [0.1, 0.15) is 18.4 Å². The van der Waals surface area contributed by atoms with Crippen LogP contribution in [0, 0.1) is 5.82 Å². The Balaban J connectivity index is 1.83. The average molecular weight is 717 g/mol. The van der Waals surface area contributed by atoms with Crippen LogP contribution in [-0.4, -0.2) is 58.5 Å². The van der Waals surface area contributed by atoms with Crippen LogP contribution >= 0.6 is 23.2 Å². The van der Waals surface area contributed by atoms with Gasteiger partial charge < -0.3 is 19.7 Å². The summed E-state index contributed by atoms with van der Waals surface area (Å²) in [6.45, 7) is 1.45. The Bertz CT molecular complexity index is 1830. The minimum absolute atomic E-state index is 0.0315. The van der Waals surface area contributed by atoms with Crippen molar-refractivity contribution in [3.8, 4) is 11.5 Å². The number of anilines is 1. The molecule has 0 bridgehead atoms. The third-order valence-electron chi connectivity index (χ3n) is 7.49. The van der Waals surface area contributed by atoms with Crippen molar-refractivity contribution in [3.63, 3.8) is 0 Å². The van der Waals surface area contributed by atoms with Gasteiger partial charge in [-0.05, 0) is 66.1 Å². The summed E-state index contributed by atoms with van der Waals surface area (Å²) in [6, 6.07) is 21.7. The molecule has 0 saturated carbocycles. The quantitative estimate of drug-likeness (QED) is 0.151. The number of benzene rings is 4. The summed E-state index contributed by atoms with van der Waals surface area (Å²) < 4.78 is 54.0. The first-order valence-corrected chi connectivity index (χ1v) is 17.2. The van der Waals surface area contributed by atoms with Crippen LogP contribution in [0.1, 0.15) is 24.5 Å². The molecule has 0 aliphatic rings. The highest BCUT2D eigenvalue weighted by atomic mass is 35.5. The van der Waals surface area contributed by atoms with Gasteiger partial charge in [0.25, 0.3) is 10.0 Å². The van der Waals surface area contributed by atoms with Gasteiger partial charge in [0, 0.05) is 25.6 Å². The fourth-order valence-corrected chi connectivity index (χ4v) is 6.75. The third kappa shape index (κ3) is 8.97. The monoisotopic (exact) mass is 715 g/mol. The number of carbonyl (C=O) groups excluding carboxylic acids is 2. The van der Waals surface area contributed by atoms with Crippen molar-refractivity contribution in [1.82, 2.24) is 10.2 Å². The molecule has 9 nitrogen and oxygen atoms in total. The van der Waals surface area contributed by atoms with Crippen molar-refractivity contribution in [1.29, 1.82) is 0 Å². The highest BCUT2D eigenvalue weighted by Crippen LogP contribution is 2.33. The molecule has 1 atom stereocenters. The van der Waals surface area contributed by atoms with E-state index in [2.05, 4.69) is 5.32 Å². The van der Waals surface area contributed by atoms with E-state index in [1.165, 1.54) is 49.5 Å². The highest BCUT2D eigenvalue weighted by molar-refractivity contribution is 7.92. The van der Waals surface area contributed by atoms with Gasteiger partial charge in [0.05, 0.1) is 34.8 Å². The lowest BCUT2D eigenvalue weighted by Gasteiger charge is -2.34. The van der Waals surface area contributed by atoms with Crippen LogP contribution in [0.15, 0.2) is 95.9 Å². The van der Waals surface area contributed by atoms with Crippen molar-refractivity contribution >= 4 is 50.7 Å². The van der Waals surface area contributed by atoms with Crippen LogP contribution in [0.25, 0.3) is 0 Å². The first-order chi connectivity index (χ1) is 23.0. The van der Waals surface area contributed by atoms with Crippen LogP contribution in [0.5, 0.6) is 11.5 Å². The van der Waals surface area contributed by atoms with E-state index >= 15 is 0 Å². The van der Waals surface area contributed by atoms with Crippen molar-refractivity contribution in [2.24, 2.45) is 0 Å². The van der Waals surface area contributed by atoms with E-state index in [1.807, 2.05) is 37.3 Å². The molecule has 4 aromatic rings. The predicted molar refractivity (Wildman–Crippen MR) is 185 cm³/mol. The summed E-state index contributed by atoms with van der Waals surface area (Å²) in [5.41, 5.74) is 1.38. The van der Waals surface area contributed by atoms with Gasteiger partial charge in [-0.25, -0.2) is 12.8 Å². The zero-order chi connectivity index (χ0) is 34.8. The smallest absolute Gasteiger partial charge is 0.264 e. The average Bonchev–Trinajstić information content (AvgIpc) is 3.09. The lowest BCUT2D eigenvalue weighted by molar-refractivity contribution is -0.140. The van der Waals surface area contributed by atoms with Crippen molar-refractivity contribution in [2.75, 3.05) is 31.6 Å². The molecule has 254 valence electrons. The van der Waals surface area contributed by atoms with Crippen LogP contribution in [0.4, 0.5) is 10.1 Å². The molecule has 13 heteroatoms. The van der Waals surface area contributed by atoms with Gasteiger partial charge in [0.15, 0.2) is 11.5 Å². The summed E-state index contributed by atoms with van der Waals surface area (Å²) >= 11 is 12.5. The number of ether oxygens (including phenoxy) is 2. The topological polar surface area (TPSA) is 105 Å². The van der Waals surface area contributed by atoms with Crippen molar-refractivity contribution in [3.05, 3.63) is 118 Å². The first-order valence-electron chi connectivity index (χ1n) is 15.0. The van der Waals surface area contributed by atoms with E-state index in [-0.39, 0.29) is 34.3 Å². The molecule has 0 aliphatic carbocycles. The maximum Gasteiger partial charge on any atom is 0.264 e. The Hall–Kier alpha value is -4.32. The Labute approximate surface area is 290 Å². The van der Waals surface area contributed by atoms with Crippen LogP contribution in [0.2, 0.25) is 10.0 Å². The van der Waals surface area contributed by atoms with Gasteiger partial charge in [-0.15, -0.1) is 0 Å². The number of nitrogens with one attached hydrogen (secondary N) is 1. The minimum Gasteiger partial charge on any atom is -0.493 e. The lowest BCUT2D eigenvalue weighted by atomic mass is 10.0. The molecule has 48 heavy (non-hydrogen) atoms. The third-order valence-corrected chi connectivity index (χ3v) is 10.0. The van der Waals surface area contributed by atoms with Gasteiger partial charge in [-0.2, -0.15) is 0 Å². The first kappa shape index (κ1) is 36.5. The van der Waals surface area contributed by atoms with Gasteiger partial charge >= 0.3 is 0 Å². The zero-order valence-corrected chi connectivity index (χ0v) is 29.0. The number of nitrogens with zero attached hydrogens (tertiary/aromatic N) is 2. The number of methoxy groups -OCH3 is 2. The van der Waals surface area contributed by atoms with E-state index in [1.54, 1.807) is 18.2 Å². The molecule has 0 spiro atoms. The second-order valence-corrected chi connectivity index (χ2v) is 13.4. The number of carbonyl (C=O) groups is 2. The van der Waals surface area contributed by atoms with E-state index in [4.69, 9.17) is 32.7 Å². The number of rotatable bonds is 15. The maximum atomic E-state index is 14.5. The van der Waals surface area contributed by atoms with Crippen molar-refractivity contribution in [2.45, 2.75) is 37.2 Å². The largest absolute Gasteiger partial charge is 0.493 e. The van der Waals surface area contributed by atoms with E-state index < -0.39 is 40.2 Å². The van der Waals surface area contributed by atoms with Crippen LogP contribution < -0.4 is 19.1 Å². The molecule has 1 N–H and O–H groups in total. The molecular formula is C35H36Cl2FN3O6S. The van der Waals surface area contributed by atoms with E-state index in [0.29, 0.717) is 29.3 Å². The Morgan fingerprint density at radius 1 is 0.854 bits per heavy atom. The number of amides is 2. The molecule has 2 amide bonds. The molecule has 0 heterocycles. The molecule has 4 rings (SSSR count). The SMILES string of the molecule is CCCNC(=O)C(Cc1ccccc1)N(Cc1ccc(Cl)c(Cl)c1)C(=O)CN(c1ccc(F)cc1)S(=O)(=O)c1ccc(OC)c(OC)c1. The number of halogens is 3. The summed E-state index contributed by atoms with van der Waals surface area (Å²) in [5.74, 6) is -1.24. The highest BCUT2D eigenvalue weighted by Gasteiger charge is 2.35. The Morgan fingerprint density at radius 2 is 1.54 bits per heavy atom. The molecule has 4 aromatic carbocycles. The summed E-state index contributed by atoms with van der Waals surface area (Å²) in [7, 11) is -1.68. The summed E-state index contributed by atoms with van der Waals surface area (Å²) in [5, 5.41) is 3.44. The Kier molecular flexibility index (Phi) is 12.7. The minimum atomic E-state index is -4.47. The van der Waals surface area contributed by atoms with Crippen LogP contribution in [-0.2, 0) is 32.6 Å². The second kappa shape index (κ2) is 16.7. The van der Waals surface area contributed by atoms with Crippen LogP contribution in [0.3, 0.4) is 0 Å². The number of sulfonamides is 1. The van der Waals surface area contributed by atoms with Crippen molar-refractivity contribution < 1.29 is 31.9 Å². The van der Waals surface area contributed by atoms with Gasteiger partial charge in [-0.1, -0.05) is 66.5 Å². The molecule has 0 radical (unpaired) electrons. The zero-order valence-electron chi connectivity index (χ0n) is 26.7. The predicted octanol–water partition coefficient (Wildman–Crippen LogP) is 6.51. The number of hydrogen-bond donors (Lipinski definition) is 1. The summed E-state index contributed by atoms with van der Waals surface area (Å²) in [4.78, 5) is 29.4.